The molecule has 26 heavy (non-hydrogen) atoms. The Bertz CT molecular complexity index is 626. The van der Waals surface area contributed by atoms with Crippen molar-refractivity contribution in [2.75, 3.05) is 38.6 Å². The number of anilines is 1. The molecule has 1 unspecified atom stereocenters. The molecule has 0 radical (unpaired) electrons. The van der Waals surface area contributed by atoms with Crippen molar-refractivity contribution in [2.24, 2.45) is 11.8 Å². The number of aromatic nitrogens is 1. The number of carbonyl (C=O) groups is 2. The molecule has 1 aromatic rings. The van der Waals surface area contributed by atoms with Gasteiger partial charge in [-0.15, -0.1) is 0 Å². The highest BCUT2D eigenvalue weighted by molar-refractivity contribution is 5.90. The maximum Gasteiger partial charge on any atom is 0.321 e. The van der Waals surface area contributed by atoms with Crippen LogP contribution < -0.4 is 10.1 Å². The molecule has 3 heterocycles. The highest BCUT2D eigenvalue weighted by Crippen LogP contribution is 2.23. The van der Waals surface area contributed by atoms with Gasteiger partial charge < -0.3 is 19.9 Å². The van der Waals surface area contributed by atoms with E-state index in [1.165, 1.54) is 0 Å². The Morgan fingerprint density at radius 3 is 2.58 bits per heavy atom. The summed E-state index contributed by atoms with van der Waals surface area (Å²) in [7, 11) is 1.55. The summed E-state index contributed by atoms with van der Waals surface area (Å²) < 4.78 is 5.02. The molecule has 1 atom stereocenters. The van der Waals surface area contributed by atoms with Gasteiger partial charge in [0.05, 0.1) is 24.9 Å². The van der Waals surface area contributed by atoms with Crippen LogP contribution in [0, 0.1) is 11.8 Å². The van der Waals surface area contributed by atoms with E-state index in [9.17, 15) is 9.59 Å². The van der Waals surface area contributed by atoms with Crippen LogP contribution in [0.15, 0.2) is 18.3 Å². The van der Waals surface area contributed by atoms with Gasteiger partial charge in [-0.2, -0.15) is 0 Å². The minimum Gasteiger partial charge on any atom is -0.481 e. The van der Waals surface area contributed by atoms with Crippen LogP contribution in [-0.2, 0) is 4.79 Å². The normalized spacial score (nSPS) is 21.4. The quantitative estimate of drug-likeness (QED) is 0.899. The maximum atomic E-state index is 12.8. The van der Waals surface area contributed by atoms with Gasteiger partial charge in [-0.3, -0.25) is 4.79 Å². The van der Waals surface area contributed by atoms with Crippen molar-refractivity contribution < 1.29 is 14.3 Å². The number of carbonyl (C=O) groups excluding carboxylic acids is 2. The molecule has 2 aliphatic rings. The molecule has 0 spiro atoms. The van der Waals surface area contributed by atoms with Crippen molar-refractivity contribution in [3.63, 3.8) is 0 Å². The lowest BCUT2D eigenvalue weighted by molar-refractivity contribution is -0.138. The first-order valence-electron chi connectivity index (χ1n) is 9.41. The Morgan fingerprint density at radius 1 is 1.15 bits per heavy atom. The Balaban J connectivity index is 1.55. The smallest absolute Gasteiger partial charge is 0.321 e. The molecule has 2 saturated heterocycles. The van der Waals surface area contributed by atoms with Crippen molar-refractivity contribution >= 4 is 17.6 Å². The van der Waals surface area contributed by atoms with Crippen molar-refractivity contribution in [3.05, 3.63) is 18.3 Å². The predicted octanol–water partition coefficient (Wildman–Crippen LogP) is 2.59. The van der Waals surface area contributed by atoms with E-state index in [0.29, 0.717) is 30.6 Å². The van der Waals surface area contributed by atoms with Crippen molar-refractivity contribution in [2.45, 2.75) is 32.6 Å². The van der Waals surface area contributed by atoms with Crippen LogP contribution in [0.5, 0.6) is 5.88 Å². The minimum absolute atomic E-state index is 0.0862. The first-order valence-corrected chi connectivity index (χ1v) is 9.41. The lowest BCUT2D eigenvalue weighted by Crippen LogP contribution is -2.49. The zero-order valence-corrected chi connectivity index (χ0v) is 15.6. The second-order valence-corrected chi connectivity index (χ2v) is 7.31. The van der Waals surface area contributed by atoms with E-state index in [1.54, 1.807) is 30.3 Å². The summed E-state index contributed by atoms with van der Waals surface area (Å²) in [6.45, 7) is 5.10. The molecule has 7 heteroatoms. The van der Waals surface area contributed by atoms with Gasteiger partial charge in [0, 0.05) is 32.2 Å². The number of hydrogen-bond acceptors (Lipinski definition) is 4. The second kappa shape index (κ2) is 8.38. The van der Waals surface area contributed by atoms with Crippen LogP contribution in [0.3, 0.4) is 0 Å². The molecule has 2 aliphatic heterocycles. The summed E-state index contributed by atoms with van der Waals surface area (Å²) in [6, 6.07) is 3.28. The zero-order chi connectivity index (χ0) is 18.5. The molecule has 3 amide bonds. The third kappa shape index (κ3) is 4.45. The molecule has 0 aromatic carbocycles. The first kappa shape index (κ1) is 18.5. The van der Waals surface area contributed by atoms with Gasteiger partial charge in [-0.05, 0) is 37.7 Å². The van der Waals surface area contributed by atoms with Gasteiger partial charge in [-0.1, -0.05) is 6.92 Å². The number of ether oxygens (including phenoxy) is 1. The highest BCUT2D eigenvalue weighted by Gasteiger charge is 2.32. The van der Waals surface area contributed by atoms with Crippen LogP contribution >= 0.6 is 0 Å². The summed E-state index contributed by atoms with van der Waals surface area (Å²) in [6.07, 6.45) is 5.44. The Hall–Kier alpha value is -2.31. The molecule has 1 aromatic heterocycles. The summed E-state index contributed by atoms with van der Waals surface area (Å²) in [5.74, 6) is 1.32. The number of nitrogens with zero attached hydrogens (tertiary/aromatic N) is 3. The highest BCUT2D eigenvalue weighted by atomic mass is 16.5. The monoisotopic (exact) mass is 360 g/mol. The molecule has 0 aliphatic carbocycles. The van der Waals surface area contributed by atoms with Gasteiger partial charge in [0.1, 0.15) is 0 Å². The van der Waals surface area contributed by atoms with E-state index in [2.05, 4.69) is 17.2 Å². The van der Waals surface area contributed by atoms with E-state index < -0.39 is 0 Å². The van der Waals surface area contributed by atoms with Gasteiger partial charge >= 0.3 is 6.03 Å². The molecule has 1 N–H and O–H groups in total. The number of nitrogens with one attached hydrogen (secondary N) is 1. The molecule has 0 saturated carbocycles. The van der Waals surface area contributed by atoms with Crippen LogP contribution in [0.4, 0.5) is 10.5 Å². The summed E-state index contributed by atoms with van der Waals surface area (Å²) in [5, 5.41) is 2.85. The standard InChI is InChI=1S/C19H28N4O3/c1-14-7-10-22(11-8-14)18(24)15-4-3-9-23(13-15)19(25)21-16-5-6-17(26-2)20-12-16/h5-6,12,14-15H,3-4,7-11,13H2,1-2H3,(H,21,25). The molecule has 7 nitrogen and oxygen atoms in total. The van der Waals surface area contributed by atoms with Crippen LogP contribution in [0.1, 0.15) is 32.6 Å². The summed E-state index contributed by atoms with van der Waals surface area (Å²) in [5.41, 5.74) is 0.620. The SMILES string of the molecule is COc1ccc(NC(=O)N2CCCC(C(=O)N3CCC(C)CC3)C2)cn1. The van der Waals surface area contributed by atoms with Crippen molar-refractivity contribution in [1.82, 2.24) is 14.8 Å². The maximum absolute atomic E-state index is 12.8. The number of amides is 3. The van der Waals surface area contributed by atoms with Gasteiger partial charge in [0.2, 0.25) is 11.8 Å². The Morgan fingerprint density at radius 2 is 1.92 bits per heavy atom. The topological polar surface area (TPSA) is 74.8 Å². The number of piperidine rings is 2. The number of likely N-dealkylation sites (tertiary alicyclic amines) is 2. The molecule has 0 bridgehead atoms. The second-order valence-electron chi connectivity index (χ2n) is 7.31. The van der Waals surface area contributed by atoms with E-state index >= 15 is 0 Å². The third-order valence-electron chi connectivity index (χ3n) is 5.35. The van der Waals surface area contributed by atoms with Gasteiger partial charge in [0.15, 0.2) is 0 Å². The van der Waals surface area contributed by atoms with E-state index in [4.69, 9.17) is 4.74 Å². The van der Waals surface area contributed by atoms with Crippen LogP contribution in [0.2, 0.25) is 0 Å². The largest absolute Gasteiger partial charge is 0.481 e. The number of rotatable bonds is 3. The fraction of sp³-hybridized carbons (Fsp3) is 0.632. The summed E-state index contributed by atoms with van der Waals surface area (Å²) in [4.78, 5) is 33.2. The van der Waals surface area contributed by atoms with Gasteiger partial charge in [0.25, 0.3) is 0 Å². The average Bonchev–Trinajstić information content (AvgIpc) is 2.68. The van der Waals surface area contributed by atoms with Gasteiger partial charge in [-0.25, -0.2) is 9.78 Å². The van der Waals surface area contributed by atoms with E-state index in [0.717, 1.165) is 38.8 Å². The lowest BCUT2D eigenvalue weighted by Gasteiger charge is -2.37. The number of urea groups is 1. The number of hydrogen-bond donors (Lipinski definition) is 1. The molecular formula is C19H28N4O3. The molecule has 142 valence electrons. The van der Waals surface area contributed by atoms with E-state index in [-0.39, 0.29) is 17.9 Å². The van der Waals surface area contributed by atoms with Crippen LogP contribution in [0.25, 0.3) is 0 Å². The summed E-state index contributed by atoms with van der Waals surface area (Å²) >= 11 is 0. The first-order chi connectivity index (χ1) is 12.6. The third-order valence-corrected chi connectivity index (χ3v) is 5.35. The predicted molar refractivity (Wildman–Crippen MR) is 99.1 cm³/mol. The van der Waals surface area contributed by atoms with Crippen molar-refractivity contribution in [1.29, 1.82) is 0 Å². The number of methoxy groups -OCH3 is 1. The zero-order valence-electron chi connectivity index (χ0n) is 15.6. The average molecular weight is 360 g/mol. The Kier molecular flexibility index (Phi) is 5.96. The fourth-order valence-electron chi connectivity index (χ4n) is 3.63. The minimum atomic E-state index is -0.179. The molecule has 2 fully saturated rings. The fourth-order valence-corrected chi connectivity index (χ4v) is 3.63. The molecular weight excluding hydrogens is 332 g/mol. The molecule has 3 rings (SSSR count). The van der Waals surface area contributed by atoms with E-state index in [1.807, 2.05) is 4.90 Å². The van der Waals surface area contributed by atoms with Crippen molar-refractivity contribution in [3.8, 4) is 5.88 Å². The number of pyridine rings is 1. The Labute approximate surface area is 154 Å². The lowest BCUT2D eigenvalue weighted by atomic mass is 9.93. The van der Waals surface area contributed by atoms with Crippen LogP contribution in [-0.4, -0.2) is 60.0 Å².